The SMILES string of the molecule is CN1CCN(C(=O)C2CCn3c(n[nH]c3=O)C2)C(c2ccccc2)C1. The Morgan fingerprint density at radius 3 is 2.80 bits per heavy atom. The molecule has 1 aromatic carbocycles. The standard InChI is InChI=1S/C18H23N5O2/c1-21-9-10-22(15(12-21)13-5-3-2-4-6-13)17(24)14-7-8-23-16(11-14)19-20-18(23)25/h2-6,14-15H,7-12H2,1H3,(H,20,25). The number of benzene rings is 1. The number of aromatic amines is 1. The van der Waals surface area contributed by atoms with Crippen molar-refractivity contribution in [2.75, 3.05) is 26.7 Å². The van der Waals surface area contributed by atoms with Gasteiger partial charge in [0.2, 0.25) is 5.91 Å². The molecule has 0 spiro atoms. The number of rotatable bonds is 2. The van der Waals surface area contributed by atoms with E-state index in [2.05, 4.69) is 34.3 Å². The largest absolute Gasteiger partial charge is 0.343 e. The highest BCUT2D eigenvalue weighted by Crippen LogP contribution is 2.29. The van der Waals surface area contributed by atoms with Gasteiger partial charge in [-0.05, 0) is 19.0 Å². The highest BCUT2D eigenvalue weighted by Gasteiger charge is 2.36. The van der Waals surface area contributed by atoms with Crippen molar-refractivity contribution in [1.82, 2.24) is 24.6 Å². The lowest BCUT2D eigenvalue weighted by atomic mass is 9.93. The second-order valence-electron chi connectivity index (χ2n) is 7.01. The van der Waals surface area contributed by atoms with Crippen molar-refractivity contribution in [3.8, 4) is 0 Å². The van der Waals surface area contributed by atoms with Gasteiger partial charge in [-0.2, -0.15) is 5.10 Å². The minimum absolute atomic E-state index is 0.0794. The van der Waals surface area contributed by atoms with E-state index in [1.807, 2.05) is 23.1 Å². The van der Waals surface area contributed by atoms with E-state index in [1.54, 1.807) is 4.57 Å². The smallest absolute Gasteiger partial charge is 0.333 e. The first-order valence-corrected chi connectivity index (χ1v) is 8.81. The third-order valence-electron chi connectivity index (χ3n) is 5.37. The van der Waals surface area contributed by atoms with Gasteiger partial charge in [0.15, 0.2) is 0 Å². The maximum Gasteiger partial charge on any atom is 0.343 e. The van der Waals surface area contributed by atoms with Crippen molar-refractivity contribution in [1.29, 1.82) is 0 Å². The van der Waals surface area contributed by atoms with Gasteiger partial charge in [0, 0.05) is 38.5 Å². The highest BCUT2D eigenvalue weighted by molar-refractivity contribution is 5.80. The highest BCUT2D eigenvalue weighted by atomic mass is 16.2. The molecule has 1 aromatic heterocycles. The van der Waals surface area contributed by atoms with Crippen molar-refractivity contribution < 1.29 is 4.79 Å². The quantitative estimate of drug-likeness (QED) is 0.870. The van der Waals surface area contributed by atoms with Gasteiger partial charge in [-0.3, -0.25) is 9.36 Å². The van der Waals surface area contributed by atoms with E-state index < -0.39 is 0 Å². The Labute approximate surface area is 146 Å². The number of fused-ring (bicyclic) bond motifs is 1. The van der Waals surface area contributed by atoms with Gasteiger partial charge >= 0.3 is 5.69 Å². The Bertz CT molecular complexity index is 812. The number of H-pyrrole nitrogens is 1. The number of carbonyl (C=O) groups is 1. The van der Waals surface area contributed by atoms with Gasteiger partial charge in [-0.1, -0.05) is 30.3 Å². The Morgan fingerprint density at radius 2 is 2.00 bits per heavy atom. The lowest BCUT2D eigenvalue weighted by Gasteiger charge is -2.42. The predicted molar refractivity (Wildman–Crippen MR) is 93.1 cm³/mol. The second kappa shape index (κ2) is 6.48. The van der Waals surface area contributed by atoms with Gasteiger partial charge in [0.1, 0.15) is 5.82 Å². The molecule has 3 heterocycles. The molecule has 0 saturated carbocycles. The van der Waals surface area contributed by atoms with E-state index in [1.165, 1.54) is 5.56 Å². The van der Waals surface area contributed by atoms with Crippen molar-refractivity contribution in [3.05, 3.63) is 52.2 Å². The van der Waals surface area contributed by atoms with Crippen molar-refractivity contribution in [2.24, 2.45) is 5.92 Å². The van der Waals surface area contributed by atoms with Crippen molar-refractivity contribution >= 4 is 5.91 Å². The summed E-state index contributed by atoms with van der Waals surface area (Å²) < 4.78 is 1.64. The van der Waals surface area contributed by atoms with Gasteiger partial charge in [-0.25, -0.2) is 9.89 Å². The van der Waals surface area contributed by atoms with Gasteiger partial charge < -0.3 is 9.80 Å². The fourth-order valence-electron chi connectivity index (χ4n) is 3.93. The average Bonchev–Trinajstić information content (AvgIpc) is 3.02. The molecule has 0 aliphatic carbocycles. The molecule has 7 heteroatoms. The maximum absolute atomic E-state index is 13.2. The topological polar surface area (TPSA) is 74.2 Å². The summed E-state index contributed by atoms with van der Waals surface area (Å²) in [7, 11) is 2.10. The summed E-state index contributed by atoms with van der Waals surface area (Å²) in [6, 6.07) is 10.3. The lowest BCUT2D eigenvalue weighted by Crippen LogP contribution is -2.51. The molecule has 1 saturated heterocycles. The summed E-state index contributed by atoms with van der Waals surface area (Å²) in [5, 5.41) is 6.55. The fraction of sp³-hybridized carbons (Fsp3) is 0.500. The molecule has 4 rings (SSSR count). The average molecular weight is 341 g/mol. The van der Waals surface area contributed by atoms with E-state index in [4.69, 9.17) is 0 Å². The first-order chi connectivity index (χ1) is 12.1. The normalized spacial score (nSPS) is 24.1. The molecule has 2 unspecified atom stereocenters. The molecule has 2 aliphatic heterocycles. The number of nitrogens with zero attached hydrogens (tertiary/aromatic N) is 4. The van der Waals surface area contributed by atoms with Crippen LogP contribution in [0.5, 0.6) is 0 Å². The van der Waals surface area contributed by atoms with Crippen LogP contribution in [0.15, 0.2) is 35.1 Å². The van der Waals surface area contributed by atoms with E-state index in [0.717, 1.165) is 19.6 Å². The number of hydrogen-bond acceptors (Lipinski definition) is 4. The number of aromatic nitrogens is 3. The summed E-state index contributed by atoms with van der Waals surface area (Å²) in [6.45, 7) is 3.02. The van der Waals surface area contributed by atoms with E-state index >= 15 is 0 Å². The Hall–Kier alpha value is -2.41. The molecule has 1 fully saturated rings. The van der Waals surface area contributed by atoms with Crippen LogP contribution in [-0.4, -0.2) is 57.2 Å². The zero-order chi connectivity index (χ0) is 17.4. The molecule has 7 nitrogen and oxygen atoms in total. The van der Waals surface area contributed by atoms with E-state index in [0.29, 0.717) is 25.2 Å². The van der Waals surface area contributed by atoms with Crippen molar-refractivity contribution in [3.63, 3.8) is 0 Å². The molecule has 25 heavy (non-hydrogen) atoms. The number of nitrogens with one attached hydrogen (secondary N) is 1. The monoisotopic (exact) mass is 341 g/mol. The van der Waals surface area contributed by atoms with Crippen LogP contribution in [0.3, 0.4) is 0 Å². The lowest BCUT2D eigenvalue weighted by molar-refractivity contribution is -0.141. The summed E-state index contributed by atoms with van der Waals surface area (Å²) in [6.07, 6.45) is 1.23. The van der Waals surface area contributed by atoms with Crippen LogP contribution in [-0.2, 0) is 17.8 Å². The number of piperazine rings is 1. The van der Waals surface area contributed by atoms with Gasteiger partial charge in [0.05, 0.1) is 6.04 Å². The van der Waals surface area contributed by atoms with Crippen molar-refractivity contribution in [2.45, 2.75) is 25.4 Å². The minimum Gasteiger partial charge on any atom is -0.333 e. The molecule has 0 bridgehead atoms. The zero-order valence-corrected chi connectivity index (χ0v) is 14.4. The Balaban J connectivity index is 1.56. The summed E-state index contributed by atoms with van der Waals surface area (Å²) in [5.41, 5.74) is 0.998. The number of carbonyl (C=O) groups excluding carboxylic acids is 1. The number of amides is 1. The predicted octanol–water partition coefficient (Wildman–Crippen LogP) is 0.649. The molecule has 2 aromatic rings. The summed E-state index contributed by atoms with van der Waals surface area (Å²) in [4.78, 5) is 29.2. The minimum atomic E-state index is -0.178. The molecule has 1 amide bonds. The number of likely N-dealkylation sites (N-methyl/N-ethyl adjacent to an activating group) is 1. The van der Waals surface area contributed by atoms with Crippen LogP contribution in [0.4, 0.5) is 0 Å². The maximum atomic E-state index is 13.2. The third kappa shape index (κ3) is 3.00. The second-order valence-corrected chi connectivity index (χ2v) is 7.01. The molecular formula is C18H23N5O2. The molecule has 1 N–H and O–H groups in total. The van der Waals surface area contributed by atoms with E-state index in [-0.39, 0.29) is 23.6 Å². The zero-order valence-electron chi connectivity index (χ0n) is 14.4. The molecule has 132 valence electrons. The Morgan fingerprint density at radius 1 is 1.20 bits per heavy atom. The summed E-state index contributed by atoms with van der Waals surface area (Å²) >= 11 is 0. The van der Waals surface area contributed by atoms with Gasteiger partial charge in [0.25, 0.3) is 0 Å². The molecular weight excluding hydrogens is 318 g/mol. The van der Waals surface area contributed by atoms with E-state index in [9.17, 15) is 9.59 Å². The fourth-order valence-corrected chi connectivity index (χ4v) is 3.93. The molecule has 2 aliphatic rings. The number of hydrogen-bond donors (Lipinski definition) is 1. The summed E-state index contributed by atoms with van der Waals surface area (Å²) in [5.74, 6) is 0.779. The van der Waals surface area contributed by atoms with Crippen LogP contribution < -0.4 is 5.69 Å². The van der Waals surface area contributed by atoms with Gasteiger partial charge in [-0.15, -0.1) is 0 Å². The Kier molecular flexibility index (Phi) is 4.17. The van der Waals surface area contributed by atoms with Crippen LogP contribution in [0.1, 0.15) is 23.9 Å². The first-order valence-electron chi connectivity index (χ1n) is 8.81. The first kappa shape index (κ1) is 16.1. The molecule has 0 radical (unpaired) electrons. The third-order valence-corrected chi connectivity index (χ3v) is 5.37. The van der Waals surface area contributed by atoms with Crippen LogP contribution in [0, 0.1) is 5.92 Å². The van der Waals surface area contributed by atoms with Crippen LogP contribution in [0.2, 0.25) is 0 Å². The molecule has 2 atom stereocenters. The van der Waals surface area contributed by atoms with Crippen LogP contribution >= 0.6 is 0 Å². The van der Waals surface area contributed by atoms with Crippen LogP contribution in [0.25, 0.3) is 0 Å².